The molecule has 0 amide bonds. The van der Waals surface area contributed by atoms with E-state index < -0.39 is 113 Å². The smallest absolute Gasteiger partial charge is 0.420 e. The summed E-state index contributed by atoms with van der Waals surface area (Å²) in [6.07, 6.45) is 0. The van der Waals surface area contributed by atoms with E-state index in [2.05, 4.69) is 170 Å². The van der Waals surface area contributed by atoms with Gasteiger partial charge in [0, 0.05) is 27.3 Å². The molecule has 24 heteroatoms. The Morgan fingerprint density at radius 3 is 0.600 bits per heavy atom. The summed E-state index contributed by atoms with van der Waals surface area (Å²) >= 11 is 0. The highest BCUT2D eigenvalue weighted by Gasteiger charge is 2.70. The highest BCUT2D eigenvalue weighted by Crippen LogP contribution is 2.45. The predicted octanol–water partition coefficient (Wildman–Crippen LogP) is 9.16. The molecule has 0 N–H and O–H groups in total. The molecule has 0 unspecified atom stereocenters. The summed E-state index contributed by atoms with van der Waals surface area (Å²) in [6.45, 7) is 61.0. The van der Waals surface area contributed by atoms with Crippen molar-refractivity contribution in [2.45, 2.75) is 170 Å². The van der Waals surface area contributed by atoms with E-state index in [0.29, 0.717) is 0 Å². The van der Waals surface area contributed by atoms with Crippen molar-refractivity contribution in [2.24, 2.45) is 0 Å². The van der Waals surface area contributed by atoms with E-state index >= 15 is 0 Å². The summed E-state index contributed by atoms with van der Waals surface area (Å²) in [7, 11) is -34.0. The largest absolute Gasteiger partial charge is 0.469 e. The molecular weight excluding hydrogens is 865 g/mol. The van der Waals surface area contributed by atoms with Gasteiger partial charge in [0.15, 0.2) is 15.7 Å². The van der Waals surface area contributed by atoms with E-state index in [0.717, 1.165) is 0 Å². The second-order valence-corrected chi connectivity index (χ2v) is 111. The summed E-state index contributed by atoms with van der Waals surface area (Å²) in [5.74, 6) is 0. The second-order valence-electron chi connectivity index (χ2n) is 20.7. The molecular formula is C26H78O10Si14. The van der Waals surface area contributed by atoms with Gasteiger partial charge in [-0.15, -0.1) is 0 Å². The number of rotatable bonds is 9. The van der Waals surface area contributed by atoms with E-state index in [1.54, 1.807) is 0 Å². The van der Waals surface area contributed by atoms with Crippen LogP contribution in [0.2, 0.25) is 170 Å². The van der Waals surface area contributed by atoms with Crippen LogP contribution in [-0.2, 0) is 41.2 Å². The fraction of sp³-hybridized carbons (Fsp3) is 1.00. The van der Waals surface area contributed by atoms with Crippen LogP contribution in [0.1, 0.15) is 0 Å². The minimum absolute atomic E-state index is 1.94. The Balaban J connectivity index is 2.55. The molecule has 0 aromatic carbocycles. The molecule has 2 aliphatic heterocycles. The quantitative estimate of drug-likeness (QED) is 0.209. The third kappa shape index (κ3) is 10.8. The van der Waals surface area contributed by atoms with Gasteiger partial charge < -0.3 is 41.2 Å². The molecule has 0 aliphatic carbocycles. The maximum absolute atomic E-state index is 7.54. The molecule has 0 aromatic rings. The Morgan fingerprint density at radius 1 is 0.260 bits per heavy atom. The third-order valence-corrected chi connectivity index (χ3v) is 164. The van der Waals surface area contributed by atoms with Gasteiger partial charge in [-0.2, -0.15) is 0 Å². The van der Waals surface area contributed by atoms with Crippen LogP contribution in [0.25, 0.3) is 0 Å². The molecule has 0 atom stereocenters. The van der Waals surface area contributed by atoms with Gasteiger partial charge in [0.25, 0.3) is 0 Å². The number of hydrogen-bond donors (Lipinski definition) is 0. The molecule has 2 aliphatic rings. The van der Waals surface area contributed by atoms with Crippen LogP contribution in [0.5, 0.6) is 0 Å². The van der Waals surface area contributed by atoms with E-state index in [-0.39, 0.29) is 0 Å². The molecule has 2 saturated heterocycles. The predicted molar refractivity (Wildman–Crippen MR) is 244 cm³/mol. The lowest BCUT2D eigenvalue weighted by molar-refractivity contribution is 0.181. The zero-order chi connectivity index (χ0) is 40.1. The molecule has 0 bridgehead atoms. The van der Waals surface area contributed by atoms with E-state index in [1.165, 1.54) is 0 Å². The topological polar surface area (TPSA) is 92.3 Å². The fourth-order valence-electron chi connectivity index (χ4n) is 8.65. The maximum Gasteiger partial charge on any atom is 0.469 e. The Kier molecular flexibility index (Phi) is 13.8. The average molecular weight is 944 g/mol. The first kappa shape index (κ1) is 48.8. The van der Waals surface area contributed by atoms with E-state index in [9.17, 15) is 0 Å². The van der Waals surface area contributed by atoms with E-state index in [4.69, 9.17) is 41.2 Å². The van der Waals surface area contributed by atoms with Gasteiger partial charge >= 0.3 is 69.0 Å². The normalized spacial score (nSPS) is 27.0. The van der Waals surface area contributed by atoms with Crippen LogP contribution in [0.15, 0.2) is 0 Å². The molecule has 298 valence electrons. The molecule has 2 fully saturated rings. The minimum Gasteiger partial charge on any atom is -0.420 e. The standard InChI is InChI=1S/C26H78O10Si14/c1-37(2)27-39(5,6)31-49(25,32-40(7,8)28-37)35-43(13,14)45(17,18)47(21,22)48(23,24)46(19,20)44(15,16)36-50(26)33-41(9,10)29-38(3,4)30-42(11,12)34-50/h1-26H3. The summed E-state index contributed by atoms with van der Waals surface area (Å²) in [6, 6.07) is 0. The second kappa shape index (κ2) is 14.2. The molecule has 0 radical (unpaired) electrons. The van der Waals surface area contributed by atoms with Crippen molar-refractivity contribution in [3.05, 3.63) is 0 Å². The molecule has 0 aromatic heterocycles. The van der Waals surface area contributed by atoms with Crippen LogP contribution in [0.4, 0.5) is 0 Å². The van der Waals surface area contributed by atoms with Crippen molar-refractivity contribution in [3.63, 3.8) is 0 Å². The summed E-state index contributed by atoms with van der Waals surface area (Å²) in [4.78, 5) is 0. The van der Waals surface area contributed by atoms with E-state index in [1.807, 2.05) is 0 Å². The number of hydrogen-bond acceptors (Lipinski definition) is 10. The highest BCUT2D eigenvalue weighted by atomic mass is 30.0. The van der Waals surface area contributed by atoms with Gasteiger partial charge in [-0.05, 0) is 105 Å². The van der Waals surface area contributed by atoms with Gasteiger partial charge in [0.2, 0.25) is 0 Å². The first-order chi connectivity index (χ1) is 21.3. The summed E-state index contributed by atoms with van der Waals surface area (Å²) in [5, 5.41) is 0. The SMILES string of the molecule is C[Si]1(C)O[Si](C)(C)O[Si](C)(O[Si](C)(C)[Si](C)(C)[Si](C)(C)[Si](C)(C)[Si](C)(C)[Si](C)(C)O[Si]2(C)O[Si](C)(C)O[Si](C)(C)O[Si](C)(C)O2)O[Si](C)(C)O1. The molecule has 2 heterocycles. The Bertz CT molecular complexity index is 1120. The van der Waals surface area contributed by atoms with Crippen LogP contribution >= 0.6 is 0 Å². The zero-order valence-corrected chi connectivity index (χ0v) is 51.1. The summed E-state index contributed by atoms with van der Waals surface area (Å²) in [5.41, 5.74) is 0. The van der Waals surface area contributed by atoms with Gasteiger partial charge in [-0.25, -0.2) is 0 Å². The fourth-order valence-corrected chi connectivity index (χ4v) is 205. The average Bonchev–Trinajstić information content (AvgIpc) is 2.69. The van der Waals surface area contributed by atoms with Crippen molar-refractivity contribution in [1.29, 1.82) is 0 Å². The van der Waals surface area contributed by atoms with Gasteiger partial charge in [-0.3, -0.25) is 0 Å². The minimum atomic E-state index is -3.12. The van der Waals surface area contributed by atoms with Crippen molar-refractivity contribution in [1.82, 2.24) is 0 Å². The Labute approximate surface area is 322 Å². The van der Waals surface area contributed by atoms with Gasteiger partial charge in [0.05, 0.1) is 14.2 Å². The molecule has 50 heavy (non-hydrogen) atoms. The van der Waals surface area contributed by atoms with Crippen molar-refractivity contribution in [3.8, 4) is 0 Å². The van der Waals surface area contributed by atoms with Crippen molar-refractivity contribution >= 4 is 113 Å². The summed E-state index contributed by atoms with van der Waals surface area (Å²) < 4.78 is 69.8. The first-order valence-corrected chi connectivity index (χ1v) is 62.5. The molecule has 0 spiro atoms. The van der Waals surface area contributed by atoms with Crippen molar-refractivity contribution < 1.29 is 41.2 Å². The molecule has 2 rings (SSSR count). The van der Waals surface area contributed by atoms with Gasteiger partial charge in [0.1, 0.15) is 0 Å². The zero-order valence-electron chi connectivity index (χ0n) is 37.1. The van der Waals surface area contributed by atoms with Gasteiger partial charge in [-0.1, -0.05) is 52.4 Å². The molecule has 0 saturated carbocycles. The van der Waals surface area contributed by atoms with Crippen LogP contribution < -0.4 is 0 Å². The third-order valence-electron chi connectivity index (χ3n) is 12.3. The molecule has 10 nitrogen and oxygen atoms in total. The monoisotopic (exact) mass is 942 g/mol. The Hall–Kier alpha value is 2.64. The maximum atomic E-state index is 7.54. The Morgan fingerprint density at radius 2 is 0.420 bits per heavy atom. The lowest BCUT2D eigenvalue weighted by atomic mass is 11.9. The van der Waals surface area contributed by atoms with Crippen LogP contribution in [0.3, 0.4) is 0 Å². The first-order valence-electron chi connectivity index (χ1n) is 18.3. The highest BCUT2D eigenvalue weighted by molar-refractivity contribution is 7.96. The lowest BCUT2D eigenvalue weighted by Gasteiger charge is -2.62. The van der Waals surface area contributed by atoms with Crippen LogP contribution in [0, 0.1) is 0 Å². The lowest BCUT2D eigenvalue weighted by Crippen LogP contribution is -2.89. The van der Waals surface area contributed by atoms with Crippen LogP contribution in [-0.4, -0.2) is 113 Å². The van der Waals surface area contributed by atoms with Crippen molar-refractivity contribution in [2.75, 3.05) is 0 Å².